The van der Waals surface area contributed by atoms with E-state index in [9.17, 15) is 23.1 Å². The first-order valence-corrected chi connectivity index (χ1v) is 9.24. The predicted octanol–water partition coefficient (Wildman–Crippen LogP) is 1.16. The molecule has 1 aromatic rings. The third-order valence-corrected chi connectivity index (χ3v) is 6.39. The van der Waals surface area contributed by atoms with Crippen LogP contribution in [0.15, 0.2) is 15.7 Å². The molecule has 1 aliphatic carbocycles. The zero-order chi connectivity index (χ0) is 16.5. The van der Waals surface area contributed by atoms with Crippen molar-refractivity contribution in [3.63, 3.8) is 0 Å². The average molecular weight is 346 g/mol. The van der Waals surface area contributed by atoms with Crippen molar-refractivity contribution in [1.82, 2.24) is 5.32 Å². The molecule has 1 fully saturated rings. The Hall–Kier alpha value is -1.45. The molecule has 0 saturated heterocycles. The second-order valence-electron chi connectivity index (χ2n) is 5.72. The number of carbonyl (C=O) groups excluding carboxylic acids is 1. The lowest BCUT2D eigenvalue weighted by Gasteiger charge is -2.36. The molecule has 0 spiro atoms. The summed E-state index contributed by atoms with van der Waals surface area (Å²) in [4.78, 5) is 23.8. The molecular formula is C13H18N2O5S2. The van der Waals surface area contributed by atoms with E-state index >= 15 is 0 Å². The van der Waals surface area contributed by atoms with Crippen LogP contribution < -0.4 is 10.5 Å². The molecule has 0 aliphatic heterocycles. The quantitative estimate of drug-likeness (QED) is 0.754. The third-order valence-electron chi connectivity index (χ3n) is 4.01. The SMILES string of the molecule is CC1CCC(NC(=O)c2csc(S(N)(=O)=O)c2)(C(=O)O)CC1. The van der Waals surface area contributed by atoms with Gasteiger partial charge in [-0.15, -0.1) is 11.3 Å². The van der Waals surface area contributed by atoms with Gasteiger partial charge in [0.1, 0.15) is 9.75 Å². The highest BCUT2D eigenvalue weighted by Gasteiger charge is 2.42. The topological polar surface area (TPSA) is 127 Å². The highest BCUT2D eigenvalue weighted by molar-refractivity contribution is 7.91. The smallest absolute Gasteiger partial charge is 0.329 e. The number of nitrogens with two attached hydrogens (primary N) is 1. The van der Waals surface area contributed by atoms with Crippen LogP contribution in [0.2, 0.25) is 0 Å². The fourth-order valence-electron chi connectivity index (χ4n) is 2.52. The second kappa shape index (κ2) is 5.98. The maximum atomic E-state index is 12.2. The molecule has 0 radical (unpaired) electrons. The maximum Gasteiger partial charge on any atom is 0.329 e. The van der Waals surface area contributed by atoms with Gasteiger partial charge in [-0.2, -0.15) is 0 Å². The summed E-state index contributed by atoms with van der Waals surface area (Å²) in [6.45, 7) is 2.05. The van der Waals surface area contributed by atoms with Gasteiger partial charge in [0.15, 0.2) is 0 Å². The molecule has 7 nitrogen and oxygen atoms in total. The molecule has 0 atom stereocenters. The molecule has 0 unspecified atom stereocenters. The summed E-state index contributed by atoms with van der Waals surface area (Å²) in [5.41, 5.74) is -1.18. The van der Waals surface area contributed by atoms with Crippen molar-refractivity contribution in [2.24, 2.45) is 11.1 Å². The van der Waals surface area contributed by atoms with E-state index in [1.54, 1.807) is 0 Å². The Morgan fingerprint density at radius 2 is 2.00 bits per heavy atom. The van der Waals surface area contributed by atoms with Crippen molar-refractivity contribution in [3.8, 4) is 0 Å². The second-order valence-corrected chi connectivity index (χ2v) is 8.42. The van der Waals surface area contributed by atoms with Gasteiger partial charge in [0.25, 0.3) is 5.91 Å². The zero-order valence-corrected chi connectivity index (χ0v) is 13.7. The Morgan fingerprint density at radius 1 is 1.41 bits per heavy atom. The lowest BCUT2D eigenvalue weighted by molar-refractivity contribution is -0.146. The van der Waals surface area contributed by atoms with E-state index in [2.05, 4.69) is 5.32 Å². The number of hydrogen-bond donors (Lipinski definition) is 3. The van der Waals surface area contributed by atoms with Crippen LogP contribution in [0.4, 0.5) is 0 Å². The average Bonchev–Trinajstić information content (AvgIpc) is 2.91. The number of carbonyl (C=O) groups is 2. The number of primary sulfonamides is 1. The Morgan fingerprint density at radius 3 is 2.45 bits per heavy atom. The molecule has 1 aromatic heterocycles. The molecule has 0 bridgehead atoms. The highest BCUT2D eigenvalue weighted by atomic mass is 32.2. The van der Waals surface area contributed by atoms with Gasteiger partial charge >= 0.3 is 5.97 Å². The number of hydrogen-bond acceptors (Lipinski definition) is 5. The normalized spacial score (nSPS) is 25.6. The largest absolute Gasteiger partial charge is 0.480 e. The fraction of sp³-hybridized carbons (Fsp3) is 0.538. The van der Waals surface area contributed by atoms with Crippen LogP contribution in [0, 0.1) is 5.92 Å². The Kier molecular flexibility index (Phi) is 4.59. The monoisotopic (exact) mass is 346 g/mol. The van der Waals surface area contributed by atoms with Crippen molar-refractivity contribution in [2.75, 3.05) is 0 Å². The van der Waals surface area contributed by atoms with Gasteiger partial charge in [0.05, 0.1) is 5.56 Å². The third kappa shape index (κ3) is 3.47. The van der Waals surface area contributed by atoms with Crippen LogP contribution in [0.5, 0.6) is 0 Å². The number of rotatable bonds is 4. The first-order chi connectivity index (χ1) is 10.1. The van der Waals surface area contributed by atoms with E-state index in [4.69, 9.17) is 5.14 Å². The lowest BCUT2D eigenvalue weighted by atomic mass is 9.77. The van der Waals surface area contributed by atoms with E-state index in [1.807, 2.05) is 6.92 Å². The first kappa shape index (κ1) is 16.9. The first-order valence-electron chi connectivity index (χ1n) is 6.81. The number of thiophene rings is 1. The van der Waals surface area contributed by atoms with Gasteiger partial charge in [0.2, 0.25) is 10.0 Å². The number of carboxylic acid groups (broad SMARTS) is 1. The minimum atomic E-state index is -3.87. The zero-order valence-electron chi connectivity index (χ0n) is 12.0. The number of aliphatic carboxylic acids is 1. The van der Waals surface area contributed by atoms with E-state index in [0.29, 0.717) is 18.8 Å². The fourth-order valence-corrected chi connectivity index (χ4v) is 4.11. The van der Waals surface area contributed by atoms with E-state index < -0.39 is 27.4 Å². The summed E-state index contributed by atoms with van der Waals surface area (Å²) in [5, 5.41) is 18.4. The van der Waals surface area contributed by atoms with Crippen LogP contribution in [-0.4, -0.2) is 30.9 Å². The molecule has 4 N–H and O–H groups in total. The van der Waals surface area contributed by atoms with Crippen LogP contribution >= 0.6 is 11.3 Å². The summed E-state index contributed by atoms with van der Waals surface area (Å²) in [5.74, 6) is -1.22. The molecule has 1 heterocycles. The molecule has 22 heavy (non-hydrogen) atoms. The van der Waals surface area contributed by atoms with Crippen LogP contribution in [0.1, 0.15) is 43.0 Å². The van der Waals surface area contributed by atoms with E-state index in [-0.39, 0.29) is 9.77 Å². The van der Waals surface area contributed by atoms with Gasteiger partial charge in [-0.25, -0.2) is 18.4 Å². The summed E-state index contributed by atoms with van der Waals surface area (Å²) in [6, 6.07) is 1.16. The maximum absolute atomic E-state index is 12.2. The minimum Gasteiger partial charge on any atom is -0.480 e. The Bertz CT molecular complexity index is 687. The van der Waals surface area contributed by atoms with Crippen molar-refractivity contribution in [1.29, 1.82) is 0 Å². The predicted molar refractivity (Wildman–Crippen MR) is 81.2 cm³/mol. The van der Waals surface area contributed by atoms with Gasteiger partial charge < -0.3 is 10.4 Å². The number of carboxylic acids is 1. The van der Waals surface area contributed by atoms with E-state index in [0.717, 1.165) is 30.2 Å². The number of nitrogens with one attached hydrogen (secondary N) is 1. The molecule has 1 saturated carbocycles. The van der Waals surface area contributed by atoms with Crippen molar-refractivity contribution >= 4 is 33.2 Å². The Balaban J connectivity index is 2.19. The van der Waals surface area contributed by atoms with Gasteiger partial charge in [0, 0.05) is 5.38 Å². The Labute approximate surface area is 132 Å². The molecule has 122 valence electrons. The van der Waals surface area contributed by atoms with Crippen molar-refractivity contribution in [3.05, 3.63) is 17.0 Å². The summed E-state index contributed by atoms with van der Waals surface area (Å²) < 4.78 is 22.3. The summed E-state index contributed by atoms with van der Waals surface area (Å²) in [6.07, 6.45) is 2.17. The van der Waals surface area contributed by atoms with Crippen LogP contribution in [-0.2, 0) is 14.8 Å². The van der Waals surface area contributed by atoms with Crippen molar-refractivity contribution in [2.45, 2.75) is 42.4 Å². The molecule has 0 aromatic carbocycles. The number of sulfonamides is 1. The van der Waals surface area contributed by atoms with Gasteiger partial charge in [-0.1, -0.05) is 6.92 Å². The van der Waals surface area contributed by atoms with Crippen molar-refractivity contribution < 1.29 is 23.1 Å². The molecule has 1 aliphatic rings. The number of amides is 1. The molecule has 9 heteroatoms. The standard InChI is InChI=1S/C13H18N2O5S2/c1-8-2-4-13(5-3-8,12(17)18)15-11(16)9-6-10(21-7-9)22(14,19)20/h6-8H,2-5H2,1H3,(H,15,16)(H,17,18)(H2,14,19,20). The summed E-state index contributed by atoms with van der Waals surface area (Å²) >= 11 is 0.833. The molecule has 1 amide bonds. The van der Waals surface area contributed by atoms with Gasteiger partial charge in [-0.3, -0.25) is 4.79 Å². The molecular weight excluding hydrogens is 328 g/mol. The summed E-state index contributed by atoms with van der Waals surface area (Å²) in [7, 11) is -3.87. The highest BCUT2D eigenvalue weighted by Crippen LogP contribution is 2.32. The van der Waals surface area contributed by atoms with Crippen LogP contribution in [0.25, 0.3) is 0 Å². The lowest BCUT2D eigenvalue weighted by Crippen LogP contribution is -2.56. The van der Waals surface area contributed by atoms with Gasteiger partial charge in [-0.05, 0) is 37.7 Å². The van der Waals surface area contributed by atoms with E-state index in [1.165, 1.54) is 5.38 Å². The minimum absolute atomic E-state index is 0.105. The van der Waals surface area contributed by atoms with Crippen LogP contribution in [0.3, 0.4) is 0 Å². The molecule has 2 rings (SSSR count).